The summed E-state index contributed by atoms with van der Waals surface area (Å²) < 4.78 is 13.8. The van der Waals surface area contributed by atoms with Crippen LogP contribution in [0, 0.1) is 13.8 Å². The van der Waals surface area contributed by atoms with E-state index < -0.39 is 5.63 Å². The molecule has 0 aliphatic heterocycles. The summed E-state index contributed by atoms with van der Waals surface area (Å²) in [7, 11) is 1.61. The third-order valence-electron chi connectivity index (χ3n) is 4.17. The Morgan fingerprint density at radius 3 is 2.50 bits per heavy atom. The molecule has 4 aromatic rings. The van der Waals surface area contributed by atoms with Crippen molar-refractivity contribution in [3.8, 4) is 28.0 Å². The quantitative estimate of drug-likeness (QED) is 0.561. The standard InChI is InChI=1S/C18H16N4O3S/c1-11-4-5-12(2)21(11)18-19-15(10-26-18)16-17(23)25-20-22(16)13-6-8-14(24-3)9-7-13/h4-10H,1-3H3/p+1. The zero-order valence-corrected chi connectivity index (χ0v) is 15.3. The van der Waals surface area contributed by atoms with Crippen molar-refractivity contribution in [1.29, 1.82) is 0 Å². The van der Waals surface area contributed by atoms with Crippen LogP contribution in [-0.4, -0.2) is 21.9 Å². The van der Waals surface area contributed by atoms with Crippen LogP contribution in [-0.2, 0) is 0 Å². The molecule has 1 N–H and O–H groups in total. The number of benzene rings is 1. The molecule has 0 saturated carbocycles. The number of H-pyrrole nitrogens is 1. The molecule has 1 aromatic carbocycles. The Kier molecular flexibility index (Phi) is 3.96. The van der Waals surface area contributed by atoms with E-state index in [-0.39, 0.29) is 0 Å². The molecule has 7 nitrogen and oxygen atoms in total. The fourth-order valence-corrected chi connectivity index (χ4v) is 3.78. The van der Waals surface area contributed by atoms with Crippen LogP contribution in [0.15, 0.2) is 51.1 Å². The number of hydrogen-bond donors (Lipinski definition) is 1. The van der Waals surface area contributed by atoms with Crippen molar-refractivity contribution in [3.05, 3.63) is 63.6 Å². The molecule has 0 spiro atoms. The molecule has 0 aliphatic rings. The van der Waals surface area contributed by atoms with E-state index in [4.69, 9.17) is 9.26 Å². The average Bonchev–Trinajstić information content (AvgIpc) is 3.34. The van der Waals surface area contributed by atoms with Crippen molar-refractivity contribution in [3.63, 3.8) is 0 Å². The third-order valence-corrected chi connectivity index (χ3v) is 5.00. The fraction of sp³-hybridized carbons (Fsp3) is 0.167. The highest BCUT2D eigenvalue weighted by Gasteiger charge is 2.28. The number of aromatic nitrogens is 4. The van der Waals surface area contributed by atoms with Gasteiger partial charge < -0.3 is 4.74 Å². The number of aryl methyl sites for hydroxylation is 2. The average molecular weight is 369 g/mol. The largest absolute Gasteiger partial charge is 0.497 e. The highest BCUT2D eigenvalue weighted by Crippen LogP contribution is 2.24. The first kappa shape index (κ1) is 16.3. The highest BCUT2D eigenvalue weighted by atomic mass is 32.1. The van der Waals surface area contributed by atoms with E-state index in [1.54, 1.807) is 11.8 Å². The van der Waals surface area contributed by atoms with Crippen molar-refractivity contribution < 1.29 is 13.9 Å². The first-order chi connectivity index (χ1) is 12.6. The van der Waals surface area contributed by atoms with Gasteiger partial charge in [-0.15, -0.1) is 11.3 Å². The molecule has 0 saturated heterocycles. The molecule has 4 rings (SSSR count). The van der Waals surface area contributed by atoms with Gasteiger partial charge in [0.25, 0.3) is 0 Å². The van der Waals surface area contributed by atoms with Crippen molar-refractivity contribution in [2.45, 2.75) is 13.8 Å². The Morgan fingerprint density at radius 1 is 1.15 bits per heavy atom. The number of rotatable bonds is 4. The predicted molar refractivity (Wildman–Crippen MR) is 97.3 cm³/mol. The zero-order valence-electron chi connectivity index (χ0n) is 14.5. The van der Waals surface area contributed by atoms with Crippen LogP contribution in [0.4, 0.5) is 0 Å². The Balaban J connectivity index is 1.80. The van der Waals surface area contributed by atoms with Crippen LogP contribution in [0.1, 0.15) is 11.4 Å². The van der Waals surface area contributed by atoms with Gasteiger partial charge >= 0.3 is 11.3 Å². The van der Waals surface area contributed by atoms with Crippen LogP contribution >= 0.6 is 11.3 Å². The molecule has 8 heteroatoms. The molecule has 0 unspecified atom stereocenters. The Bertz CT molecular complexity index is 1100. The van der Waals surface area contributed by atoms with Gasteiger partial charge in [-0.2, -0.15) is 0 Å². The molecular weight excluding hydrogens is 352 g/mol. The predicted octanol–water partition coefficient (Wildman–Crippen LogP) is 2.78. The summed E-state index contributed by atoms with van der Waals surface area (Å²) in [5, 5.41) is 5.30. The Labute approximate surface area is 153 Å². The molecule has 26 heavy (non-hydrogen) atoms. The Morgan fingerprint density at radius 2 is 1.85 bits per heavy atom. The number of ether oxygens (including phenoxy) is 1. The van der Waals surface area contributed by atoms with E-state index in [9.17, 15) is 4.79 Å². The summed E-state index contributed by atoms with van der Waals surface area (Å²) in [4.78, 5) is 16.9. The lowest BCUT2D eigenvalue weighted by Gasteiger charge is -2.03. The van der Waals surface area contributed by atoms with Crippen molar-refractivity contribution in [2.75, 3.05) is 7.11 Å². The maximum atomic E-state index is 12.3. The smallest absolute Gasteiger partial charge is 0.437 e. The SMILES string of the molecule is COc1ccc(-[n+]2[nH]oc(=O)c2-c2csc(-n3c(C)ccc3C)n2)cc1. The molecule has 0 amide bonds. The monoisotopic (exact) mass is 369 g/mol. The van der Waals surface area contributed by atoms with Crippen LogP contribution < -0.4 is 15.0 Å². The van der Waals surface area contributed by atoms with Crippen LogP contribution in [0.25, 0.3) is 22.2 Å². The van der Waals surface area contributed by atoms with Crippen LogP contribution in [0.5, 0.6) is 5.75 Å². The van der Waals surface area contributed by atoms with Gasteiger partial charge in [0.1, 0.15) is 5.75 Å². The van der Waals surface area contributed by atoms with E-state index in [0.29, 0.717) is 11.4 Å². The maximum Gasteiger partial charge on any atom is 0.437 e. The van der Waals surface area contributed by atoms with Gasteiger partial charge in [0.15, 0.2) is 10.8 Å². The van der Waals surface area contributed by atoms with Crippen molar-refractivity contribution in [1.82, 2.24) is 14.8 Å². The number of aromatic amines is 1. The minimum Gasteiger partial charge on any atom is -0.497 e. The second kappa shape index (κ2) is 6.30. The first-order valence-corrected chi connectivity index (χ1v) is 8.85. The van der Waals surface area contributed by atoms with E-state index >= 15 is 0 Å². The lowest BCUT2D eigenvalue weighted by molar-refractivity contribution is -0.660. The molecule has 0 atom stereocenters. The minimum atomic E-state index is -0.474. The molecule has 0 aliphatic carbocycles. The molecule has 3 aromatic heterocycles. The summed E-state index contributed by atoms with van der Waals surface area (Å²) in [5.74, 6) is 0.733. The van der Waals surface area contributed by atoms with Gasteiger partial charge in [-0.3, -0.25) is 9.09 Å². The summed E-state index contributed by atoms with van der Waals surface area (Å²) in [6.45, 7) is 4.05. The second-order valence-electron chi connectivity index (χ2n) is 5.83. The van der Waals surface area contributed by atoms with Gasteiger partial charge in [-0.25, -0.2) is 9.78 Å². The highest BCUT2D eigenvalue weighted by molar-refractivity contribution is 7.12. The summed E-state index contributed by atoms with van der Waals surface area (Å²) in [6.07, 6.45) is 0. The van der Waals surface area contributed by atoms with E-state index in [1.165, 1.54) is 11.3 Å². The first-order valence-electron chi connectivity index (χ1n) is 7.97. The minimum absolute atomic E-state index is 0.347. The fourth-order valence-electron chi connectivity index (χ4n) is 2.85. The Hall–Kier alpha value is -3.13. The summed E-state index contributed by atoms with van der Waals surface area (Å²) >= 11 is 1.48. The number of methoxy groups -OCH3 is 1. The second-order valence-corrected chi connectivity index (χ2v) is 6.67. The molecule has 0 fully saturated rings. The van der Waals surface area contributed by atoms with E-state index in [1.807, 2.05) is 55.6 Å². The summed E-state index contributed by atoms with van der Waals surface area (Å²) in [5.41, 5.74) is 3.36. The molecule has 132 valence electrons. The van der Waals surface area contributed by atoms with Crippen LogP contribution in [0.3, 0.4) is 0 Å². The zero-order chi connectivity index (χ0) is 18.3. The van der Waals surface area contributed by atoms with Gasteiger partial charge in [0, 0.05) is 28.9 Å². The lowest BCUT2D eigenvalue weighted by Crippen LogP contribution is -2.36. The van der Waals surface area contributed by atoms with E-state index in [2.05, 4.69) is 14.8 Å². The summed E-state index contributed by atoms with van der Waals surface area (Å²) in [6, 6.07) is 11.4. The van der Waals surface area contributed by atoms with E-state index in [0.717, 1.165) is 28.0 Å². The number of nitrogens with zero attached hydrogens (tertiary/aromatic N) is 3. The lowest BCUT2D eigenvalue weighted by atomic mass is 10.3. The van der Waals surface area contributed by atoms with Gasteiger partial charge in [-0.1, -0.05) is 0 Å². The number of hydrogen-bond acceptors (Lipinski definition) is 5. The molecule has 3 heterocycles. The normalized spacial score (nSPS) is 11.0. The maximum absolute atomic E-state index is 12.3. The van der Waals surface area contributed by atoms with Crippen molar-refractivity contribution >= 4 is 11.3 Å². The molecule has 0 bridgehead atoms. The number of thiazole rings is 1. The number of nitrogens with one attached hydrogen (secondary N) is 1. The molecular formula is C18H17N4O3S+. The van der Waals surface area contributed by atoms with Gasteiger partial charge in [0.2, 0.25) is 5.69 Å². The third kappa shape index (κ3) is 2.64. The van der Waals surface area contributed by atoms with Gasteiger partial charge in [-0.05, 0) is 48.1 Å². The van der Waals surface area contributed by atoms with Gasteiger partial charge in [0.05, 0.1) is 7.11 Å². The van der Waals surface area contributed by atoms with Crippen LogP contribution in [0.2, 0.25) is 0 Å². The topological polar surface area (TPSA) is 76.9 Å². The van der Waals surface area contributed by atoms with Crippen molar-refractivity contribution in [2.24, 2.45) is 0 Å². The molecule has 0 radical (unpaired) electrons.